The second kappa shape index (κ2) is 4.22. The second-order valence-corrected chi connectivity index (χ2v) is 4.04. The van der Waals surface area contributed by atoms with Gasteiger partial charge in [-0.15, -0.1) is 5.16 Å². The van der Waals surface area contributed by atoms with Crippen molar-refractivity contribution in [2.24, 2.45) is 10.6 Å². The van der Waals surface area contributed by atoms with E-state index in [-0.39, 0.29) is 11.2 Å². The first-order valence-electron chi connectivity index (χ1n) is 4.46. The Morgan fingerprint density at radius 1 is 1.36 bits per heavy atom. The van der Waals surface area contributed by atoms with Crippen molar-refractivity contribution in [2.45, 2.75) is 20.3 Å². The molecule has 1 rings (SSSR count). The number of rotatable bonds is 3. The fourth-order valence-electron chi connectivity index (χ4n) is 1.33. The molecule has 0 fully saturated rings. The summed E-state index contributed by atoms with van der Waals surface area (Å²) in [6, 6.07) is 6.34. The summed E-state index contributed by atoms with van der Waals surface area (Å²) in [4.78, 5) is 0. The second-order valence-electron chi connectivity index (χ2n) is 4.04. The molecule has 76 valence electrons. The highest BCUT2D eigenvalue weighted by Gasteiger charge is 2.15. The molecule has 0 aliphatic carbocycles. The third kappa shape index (κ3) is 3.17. The van der Waals surface area contributed by atoms with Crippen molar-refractivity contribution in [3.63, 3.8) is 0 Å². The predicted octanol–water partition coefficient (Wildman–Crippen LogP) is 2.85. The molecule has 0 atom stereocenters. The van der Waals surface area contributed by atoms with Gasteiger partial charge in [0.1, 0.15) is 5.82 Å². The van der Waals surface area contributed by atoms with Crippen molar-refractivity contribution >= 4 is 6.21 Å². The summed E-state index contributed by atoms with van der Waals surface area (Å²) < 4.78 is 12.6. The first-order valence-corrected chi connectivity index (χ1v) is 4.46. The lowest BCUT2D eigenvalue weighted by Gasteiger charge is -2.18. The third-order valence-corrected chi connectivity index (χ3v) is 1.98. The van der Waals surface area contributed by atoms with Gasteiger partial charge < -0.3 is 5.21 Å². The number of benzene rings is 1. The molecule has 0 aliphatic heterocycles. The van der Waals surface area contributed by atoms with Crippen LogP contribution in [0.5, 0.6) is 0 Å². The van der Waals surface area contributed by atoms with E-state index in [1.807, 2.05) is 13.8 Å². The maximum Gasteiger partial charge on any atom is 0.123 e. The van der Waals surface area contributed by atoms with Crippen LogP contribution in [-0.2, 0) is 6.42 Å². The van der Waals surface area contributed by atoms with E-state index in [9.17, 15) is 4.39 Å². The fraction of sp³-hybridized carbons (Fsp3) is 0.364. The molecule has 0 saturated carbocycles. The van der Waals surface area contributed by atoms with Crippen LogP contribution >= 0.6 is 0 Å². The summed E-state index contributed by atoms with van der Waals surface area (Å²) >= 11 is 0. The monoisotopic (exact) mass is 195 g/mol. The van der Waals surface area contributed by atoms with Gasteiger partial charge in [0.25, 0.3) is 0 Å². The van der Waals surface area contributed by atoms with Gasteiger partial charge in [-0.3, -0.25) is 0 Å². The summed E-state index contributed by atoms with van der Waals surface area (Å²) in [5.74, 6) is -0.234. The van der Waals surface area contributed by atoms with Crippen LogP contribution in [0.4, 0.5) is 4.39 Å². The van der Waals surface area contributed by atoms with Crippen molar-refractivity contribution < 1.29 is 9.60 Å². The Bertz CT molecular complexity index is 317. The van der Waals surface area contributed by atoms with Gasteiger partial charge in [0, 0.05) is 11.6 Å². The van der Waals surface area contributed by atoms with Crippen LogP contribution in [0, 0.1) is 11.2 Å². The molecular weight excluding hydrogens is 181 g/mol. The van der Waals surface area contributed by atoms with Gasteiger partial charge in [-0.05, 0) is 24.1 Å². The molecule has 0 radical (unpaired) electrons. The van der Waals surface area contributed by atoms with Crippen LogP contribution in [0.1, 0.15) is 19.4 Å². The normalized spacial score (nSPS) is 12.2. The van der Waals surface area contributed by atoms with Gasteiger partial charge in [0.05, 0.1) is 0 Å². The standard InChI is InChI=1S/C11H14FNO/c1-11(2,8-13-14)7-9-3-5-10(12)6-4-9/h3-6,8,14H,7H2,1-2H3/b13-8+. The molecule has 14 heavy (non-hydrogen) atoms. The van der Waals surface area contributed by atoms with Crippen LogP contribution in [0.2, 0.25) is 0 Å². The average molecular weight is 195 g/mol. The molecular formula is C11H14FNO. The molecule has 0 saturated heterocycles. The Hall–Kier alpha value is -1.38. The Morgan fingerprint density at radius 2 is 1.93 bits per heavy atom. The summed E-state index contributed by atoms with van der Waals surface area (Å²) in [5, 5.41) is 11.5. The largest absolute Gasteiger partial charge is 0.411 e. The zero-order valence-electron chi connectivity index (χ0n) is 8.37. The number of hydrogen-bond donors (Lipinski definition) is 1. The lowest BCUT2D eigenvalue weighted by atomic mass is 9.87. The number of halogens is 1. The smallest absolute Gasteiger partial charge is 0.123 e. The molecule has 0 amide bonds. The van der Waals surface area contributed by atoms with E-state index in [2.05, 4.69) is 5.16 Å². The Labute approximate surface area is 83.1 Å². The summed E-state index contributed by atoms with van der Waals surface area (Å²) in [5.41, 5.74) is 0.809. The lowest BCUT2D eigenvalue weighted by molar-refractivity contribution is 0.313. The Morgan fingerprint density at radius 3 is 2.43 bits per heavy atom. The van der Waals surface area contributed by atoms with Gasteiger partial charge in [-0.25, -0.2) is 4.39 Å². The minimum atomic E-state index is -0.234. The molecule has 0 heterocycles. The highest BCUT2D eigenvalue weighted by molar-refractivity contribution is 5.64. The van der Waals surface area contributed by atoms with Crippen LogP contribution in [-0.4, -0.2) is 11.4 Å². The molecule has 1 N–H and O–H groups in total. The van der Waals surface area contributed by atoms with E-state index < -0.39 is 0 Å². The molecule has 1 aromatic carbocycles. The fourth-order valence-corrected chi connectivity index (χ4v) is 1.33. The van der Waals surface area contributed by atoms with Crippen molar-refractivity contribution in [1.82, 2.24) is 0 Å². The quantitative estimate of drug-likeness (QED) is 0.449. The van der Waals surface area contributed by atoms with E-state index in [0.717, 1.165) is 12.0 Å². The summed E-state index contributed by atoms with van der Waals surface area (Å²) in [6.07, 6.45) is 2.20. The van der Waals surface area contributed by atoms with E-state index in [1.54, 1.807) is 12.1 Å². The van der Waals surface area contributed by atoms with Gasteiger partial charge >= 0.3 is 0 Å². The van der Waals surface area contributed by atoms with Crippen LogP contribution < -0.4 is 0 Å². The minimum Gasteiger partial charge on any atom is -0.411 e. The number of oxime groups is 1. The molecule has 0 bridgehead atoms. The zero-order chi connectivity index (χ0) is 10.6. The molecule has 0 aliphatic rings. The zero-order valence-corrected chi connectivity index (χ0v) is 8.37. The Kier molecular flexibility index (Phi) is 3.23. The van der Waals surface area contributed by atoms with Gasteiger partial charge in [0.2, 0.25) is 0 Å². The third-order valence-electron chi connectivity index (χ3n) is 1.98. The maximum atomic E-state index is 12.6. The van der Waals surface area contributed by atoms with Gasteiger partial charge in [-0.2, -0.15) is 0 Å². The van der Waals surface area contributed by atoms with E-state index >= 15 is 0 Å². The molecule has 2 nitrogen and oxygen atoms in total. The average Bonchev–Trinajstić information content (AvgIpc) is 2.08. The molecule has 0 spiro atoms. The van der Waals surface area contributed by atoms with Crippen molar-refractivity contribution in [1.29, 1.82) is 0 Å². The van der Waals surface area contributed by atoms with Crippen molar-refractivity contribution in [2.75, 3.05) is 0 Å². The van der Waals surface area contributed by atoms with Crippen LogP contribution in [0.25, 0.3) is 0 Å². The first kappa shape index (κ1) is 10.7. The Balaban J connectivity index is 2.73. The molecule has 0 unspecified atom stereocenters. The highest BCUT2D eigenvalue weighted by atomic mass is 19.1. The highest BCUT2D eigenvalue weighted by Crippen LogP contribution is 2.19. The van der Waals surface area contributed by atoms with Gasteiger partial charge in [-0.1, -0.05) is 26.0 Å². The van der Waals surface area contributed by atoms with Gasteiger partial charge in [0.15, 0.2) is 0 Å². The number of nitrogens with zero attached hydrogens (tertiary/aromatic N) is 1. The minimum absolute atomic E-state index is 0.216. The lowest BCUT2D eigenvalue weighted by Crippen LogP contribution is -2.16. The molecule has 0 aromatic heterocycles. The van der Waals surface area contributed by atoms with E-state index in [1.165, 1.54) is 18.3 Å². The topological polar surface area (TPSA) is 32.6 Å². The number of hydrogen-bond acceptors (Lipinski definition) is 2. The van der Waals surface area contributed by atoms with Crippen molar-refractivity contribution in [3.8, 4) is 0 Å². The van der Waals surface area contributed by atoms with E-state index in [4.69, 9.17) is 5.21 Å². The summed E-state index contributed by atoms with van der Waals surface area (Å²) in [6.45, 7) is 3.91. The van der Waals surface area contributed by atoms with Crippen LogP contribution in [0.3, 0.4) is 0 Å². The SMILES string of the molecule is CC(C)(/C=N/O)Cc1ccc(F)cc1. The predicted molar refractivity (Wildman–Crippen MR) is 54.2 cm³/mol. The molecule has 3 heteroatoms. The van der Waals surface area contributed by atoms with Crippen LogP contribution in [0.15, 0.2) is 29.4 Å². The maximum absolute atomic E-state index is 12.6. The van der Waals surface area contributed by atoms with E-state index in [0.29, 0.717) is 0 Å². The first-order chi connectivity index (χ1) is 6.53. The summed E-state index contributed by atoms with van der Waals surface area (Å²) in [7, 11) is 0. The molecule has 1 aromatic rings. The van der Waals surface area contributed by atoms with Crippen molar-refractivity contribution in [3.05, 3.63) is 35.6 Å².